The van der Waals surface area contributed by atoms with Crippen molar-refractivity contribution >= 4 is 40.7 Å². The third-order valence-electron chi connectivity index (χ3n) is 11.2. The van der Waals surface area contributed by atoms with Gasteiger partial charge in [0.1, 0.15) is 17.6 Å². The molecule has 2 saturated heterocycles. The van der Waals surface area contributed by atoms with Crippen molar-refractivity contribution < 1.29 is 24.2 Å². The van der Waals surface area contributed by atoms with Crippen molar-refractivity contribution in [3.8, 4) is 11.3 Å². The second-order valence-corrected chi connectivity index (χ2v) is 15.5. The smallest absolute Gasteiger partial charge is 0.293 e. The highest BCUT2D eigenvalue weighted by molar-refractivity contribution is 6.06. The molecule has 15 heteroatoms. The monoisotopic (exact) mass is 747 g/mol. The SMILES string of the molecule is C=CC(=O)Nc1cc(Nc2nc(-c3ccnc(N4CCn5c(cc6c5CC(C)(C)C6)C4=O)c3CO)cn(C)c2=O)ccc1C1C(=O)N(C)CCN1C1COC1. The molecule has 0 bridgehead atoms. The molecular formula is C40H45N9O6. The summed E-state index contributed by atoms with van der Waals surface area (Å²) in [6, 6.07) is 8.29. The molecule has 4 aliphatic rings. The van der Waals surface area contributed by atoms with Gasteiger partial charge in [-0.15, -0.1) is 0 Å². The molecule has 8 rings (SSSR count). The molecule has 2 fully saturated rings. The van der Waals surface area contributed by atoms with Gasteiger partial charge in [0, 0.05) is 86.4 Å². The van der Waals surface area contributed by atoms with E-state index in [1.54, 1.807) is 60.6 Å². The summed E-state index contributed by atoms with van der Waals surface area (Å²) < 4.78 is 8.96. The lowest BCUT2D eigenvalue weighted by atomic mass is 9.90. The molecule has 3 aliphatic heterocycles. The highest BCUT2D eigenvalue weighted by atomic mass is 16.5. The number of amides is 3. The van der Waals surface area contributed by atoms with Gasteiger partial charge in [-0.3, -0.25) is 29.0 Å². The standard InChI is InChI=1S/C40H45N9O6/c1-6-33(51)43-29-16-24(7-8-27(29)34-38(53)45(4)11-12-47(34)25-21-55-22-25)42-35-39(54)46(5)19-30(44-35)26-9-10-41-36(28(26)20-50)49-14-13-48-31(37(49)52)15-23-17-40(2,3)18-32(23)48/h6-10,15-16,19,25,34,50H,1,11-14,17-18,20-22H2,2-5H3,(H,42,44)(H,43,51). The summed E-state index contributed by atoms with van der Waals surface area (Å²) in [6.45, 7) is 10.9. The molecule has 3 aromatic heterocycles. The summed E-state index contributed by atoms with van der Waals surface area (Å²) in [6.07, 6.45) is 6.14. The first-order valence-electron chi connectivity index (χ1n) is 18.5. The zero-order valence-corrected chi connectivity index (χ0v) is 31.5. The topological polar surface area (TPSA) is 167 Å². The Balaban J connectivity index is 1.12. The van der Waals surface area contributed by atoms with Crippen LogP contribution in [0.5, 0.6) is 0 Å². The summed E-state index contributed by atoms with van der Waals surface area (Å²) in [5.41, 5.74) is 5.50. The molecule has 4 aromatic rings. The quantitative estimate of drug-likeness (QED) is 0.217. The lowest BCUT2D eigenvalue weighted by Gasteiger charge is -2.46. The number of likely N-dealkylation sites (N-methyl/N-ethyl adjacent to an activating group) is 1. The molecule has 0 spiro atoms. The first-order chi connectivity index (χ1) is 26.4. The average Bonchev–Trinajstić information content (AvgIpc) is 3.63. The van der Waals surface area contributed by atoms with E-state index in [0.717, 1.165) is 18.9 Å². The zero-order chi connectivity index (χ0) is 38.8. The number of ether oxygens (including phenoxy) is 1. The molecule has 15 nitrogen and oxygen atoms in total. The first kappa shape index (κ1) is 36.3. The van der Waals surface area contributed by atoms with Crippen LogP contribution in [0.1, 0.15) is 52.8 Å². The Labute approximate surface area is 318 Å². The fourth-order valence-corrected chi connectivity index (χ4v) is 8.32. The van der Waals surface area contributed by atoms with E-state index in [4.69, 9.17) is 9.72 Å². The fourth-order valence-electron chi connectivity index (χ4n) is 8.32. The van der Waals surface area contributed by atoms with Gasteiger partial charge >= 0.3 is 0 Å². The number of aromatic nitrogens is 4. The Bertz CT molecular complexity index is 2310. The number of rotatable bonds is 9. The number of fused-ring (bicyclic) bond motifs is 3. The van der Waals surface area contributed by atoms with E-state index in [-0.39, 0.29) is 29.1 Å². The number of benzene rings is 1. The van der Waals surface area contributed by atoms with Crippen molar-refractivity contribution in [3.63, 3.8) is 0 Å². The number of nitrogens with one attached hydrogen (secondary N) is 2. The number of piperazine rings is 1. The van der Waals surface area contributed by atoms with Gasteiger partial charge < -0.3 is 34.5 Å². The lowest BCUT2D eigenvalue weighted by molar-refractivity contribution is -0.151. The first-order valence-corrected chi connectivity index (χ1v) is 18.5. The fraction of sp³-hybridized carbons (Fsp3) is 0.400. The van der Waals surface area contributed by atoms with E-state index in [1.165, 1.54) is 15.8 Å². The van der Waals surface area contributed by atoms with Crippen molar-refractivity contribution in [2.45, 2.75) is 51.9 Å². The van der Waals surface area contributed by atoms with E-state index < -0.39 is 24.1 Å². The van der Waals surface area contributed by atoms with Crippen LogP contribution in [0.2, 0.25) is 0 Å². The number of aliphatic hydroxyl groups excluding tert-OH is 1. The molecule has 3 amide bonds. The number of carbonyl (C=O) groups is 3. The summed E-state index contributed by atoms with van der Waals surface area (Å²) in [5, 5.41) is 16.7. The number of anilines is 4. The van der Waals surface area contributed by atoms with Gasteiger partial charge in [0.15, 0.2) is 5.82 Å². The molecule has 3 N–H and O–H groups in total. The average molecular weight is 748 g/mol. The summed E-state index contributed by atoms with van der Waals surface area (Å²) >= 11 is 0. The van der Waals surface area contributed by atoms with Crippen LogP contribution in [-0.2, 0) is 47.4 Å². The molecular weight excluding hydrogens is 702 g/mol. The maximum atomic E-state index is 13.9. The van der Waals surface area contributed by atoms with E-state index in [1.807, 2.05) is 6.07 Å². The number of hydrogen-bond donors (Lipinski definition) is 3. The molecule has 1 aromatic carbocycles. The van der Waals surface area contributed by atoms with Gasteiger partial charge in [-0.25, -0.2) is 9.97 Å². The third-order valence-corrected chi connectivity index (χ3v) is 11.2. The number of aliphatic hydroxyl groups is 1. The Kier molecular flexibility index (Phi) is 9.18. The van der Waals surface area contributed by atoms with E-state index in [2.05, 4.69) is 45.5 Å². The van der Waals surface area contributed by atoms with Gasteiger partial charge in [0.05, 0.1) is 31.6 Å². The van der Waals surface area contributed by atoms with E-state index in [0.29, 0.717) is 84.7 Å². The molecule has 55 heavy (non-hydrogen) atoms. The van der Waals surface area contributed by atoms with E-state index in [9.17, 15) is 24.3 Å². The highest BCUT2D eigenvalue weighted by Gasteiger charge is 2.42. The van der Waals surface area contributed by atoms with Crippen molar-refractivity contribution in [1.29, 1.82) is 0 Å². The number of aryl methyl sites for hydroxylation is 1. The Morgan fingerprint density at radius 3 is 2.60 bits per heavy atom. The second kappa shape index (κ2) is 13.9. The van der Waals surface area contributed by atoms with E-state index >= 15 is 0 Å². The molecule has 6 heterocycles. The molecule has 1 aliphatic carbocycles. The number of nitrogens with zero attached hydrogens (tertiary/aromatic N) is 7. The predicted molar refractivity (Wildman–Crippen MR) is 206 cm³/mol. The van der Waals surface area contributed by atoms with Crippen LogP contribution >= 0.6 is 0 Å². The van der Waals surface area contributed by atoms with Gasteiger partial charge in [-0.2, -0.15) is 0 Å². The van der Waals surface area contributed by atoms with Gasteiger partial charge in [0.25, 0.3) is 11.5 Å². The number of pyridine rings is 1. The molecule has 0 radical (unpaired) electrons. The second-order valence-electron chi connectivity index (χ2n) is 15.5. The van der Waals surface area contributed by atoms with Gasteiger partial charge in [-0.1, -0.05) is 26.5 Å². The highest BCUT2D eigenvalue weighted by Crippen LogP contribution is 2.41. The third kappa shape index (κ3) is 6.41. The van der Waals surface area contributed by atoms with Crippen LogP contribution < -0.4 is 21.1 Å². The van der Waals surface area contributed by atoms with Crippen LogP contribution in [0.4, 0.5) is 23.0 Å². The molecule has 1 unspecified atom stereocenters. The largest absolute Gasteiger partial charge is 0.392 e. The van der Waals surface area contributed by atoms with Crippen LogP contribution in [0.15, 0.2) is 60.2 Å². The summed E-state index contributed by atoms with van der Waals surface area (Å²) in [7, 11) is 3.36. The van der Waals surface area contributed by atoms with Crippen molar-refractivity contribution in [3.05, 3.63) is 93.8 Å². The number of carbonyl (C=O) groups excluding carboxylic acids is 3. The minimum atomic E-state index is -0.655. The van der Waals surface area contributed by atoms with Crippen LogP contribution in [-0.4, -0.2) is 97.7 Å². The maximum absolute atomic E-state index is 13.9. The maximum Gasteiger partial charge on any atom is 0.293 e. The van der Waals surface area contributed by atoms with Crippen LogP contribution in [0.25, 0.3) is 11.3 Å². The van der Waals surface area contributed by atoms with Crippen molar-refractivity contribution in [2.75, 3.05) is 55.4 Å². The molecule has 286 valence electrons. The summed E-state index contributed by atoms with van der Waals surface area (Å²) in [5.74, 6) is -0.403. The van der Waals surface area contributed by atoms with Crippen molar-refractivity contribution in [1.82, 2.24) is 28.9 Å². The summed E-state index contributed by atoms with van der Waals surface area (Å²) in [4.78, 5) is 68.4. The van der Waals surface area contributed by atoms with Crippen LogP contribution in [0.3, 0.4) is 0 Å². The Morgan fingerprint density at radius 1 is 1.07 bits per heavy atom. The van der Waals surface area contributed by atoms with Gasteiger partial charge in [0.2, 0.25) is 11.8 Å². The molecule has 1 atom stereocenters. The number of hydrogen-bond acceptors (Lipinski definition) is 10. The predicted octanol–water partition coefficient (Wildman–Crippen LogP) is 3.00. The minimum absolute atomic E-state index is 0.0120. The minimum Gasteiger partial charge on any atom is -0.392 e. The Hall–Kier alpha value is -5.64. The lowest BCUT2D eigenvalue weighted by Crippen LogP contribution is -2.59. The van der Waals surface area contributed by atoms with Gasteiger partial charge in [-0.05, 0) is 54.2 Å². The molecule has 0 saturated carbocycles. The normalized spacial score (nSPS) is 19.5. The Morgan fingerprint density at radius 2 is 1.87 bits per heavy atom. The zero-order valence-electron chi connectivity index (χ0n) is 31.5. The van der Waals surface area contributed by atoms with Crippen molar-refractivity contribution in [2.24, 2.45) is 12.5 Å². The van der Waals surface area contributed by atoms with Crippen LogP contribution in [0, 0.1) is 5.41 Å².